The van der Waals surface area contributed by atoms with Gasteiger partial charge in [-0.15, -0.1) is 0 Å². The zero-order valence-electron chi connectivity index (χ0n) is 19.8. The second-order valence-corrected chi connectivity index (χ2v) is 10.1. The molecule has 3 atom stereocenters. The molecule has 0 aliphatic carbocycles. The van der Waals surface area contributed by atoms with Crippen LogP contribution in [0.3, 0.4) is 0 Å². The van der Waals surface area contributed by atoms with Crippen LogP contribution in [-0.2, 0) is 0 Å². The Morgan fingerprint density at radius 2 is 1.89 bits per heavy atom. The number of fused-ring (bicyclic) bond motifs is 3. The van der Waals surface area contributed by atoms with Gasteiger partial charge < -0.3 is 25.6 Å². The van der Waals surface area contributed by atoms with Gasteiger partial charge in [0, 0.05) is 47.9 Å². The van der Waals surface area contributed by atoms with E-state index in [1.807, 2.05) is 6.07 Å². The quantitative estimate of drug-likeness (QED) is 0.541. The molecule has 7 nitrogen and oxygen atoms in total. The van der Waals surface area contributed by atoms with Crippen LogP contribution in [0.5, 0.6) is 6.01 Å². The number of benzene rings is 2. The van der Waals surface area contributed by atoms with Gasteiger partial charge in [-0.05, 0) is 69.1 Å². The highest BCUT2D eigenvalue weighted by Gasteiger charge is 2.34. The van der Waals surface area contributed by atoms with Crippen LogP contribution >= 0.6 is 0 Å². The summed E-state index contributed by atoms with van der Waals surface area (Å²) in [5.41, 5.74) is 7.22. The highest BCUT2D eigenvalue weighted by molar-refractivity contribution is 5.93. The Balaban J connectivity index is 1.41. The number of nitrogens with two attached hydrogens (primary N) is 1. The lowest BCUT2D eigenvalue weighted by Crippen LogP contribution is -2.51. The summed E-state index contributed by atoms with van der Waals surface area (Å²) in [5.74, 6) is -1.06. The van der Waals surface area contributed by atoms with Crippen LogP contribution in [-0.4, -0.2) is 66.3 Å². The van der Waals surface area contributed by atoms with Crippen LogP contribution in [0.25, 0.3) is 22.0 Å². The van der Waals surface area contributed by atoms with Crippen molar-refractivity contribution in [1.82, 2.24) is 20.2 Å². The zero-order valence-corrected chi connectivity index (χ0v) is 19.8. The van der Waals surface area contributed by atoms with Crippen molar-refractivity contribution in [1.29, 1.82) is 0 Å². The SMILES string of the molecule is CN1CCC[C@H]1COc1nc(N2CC3CCC(C2)N3)c2ccc(-c3cc(N)cc(F)c3F)cc2n1. The third kappa shape index (κ3) is 4.27. The van der Waals surface area contributed by atoms with Crippen molar-refractivity contribution >= 4 is 22.4 Å². The Bertz CT molecular complexity index is 1260. The van der Waals surface area contributed by atoms with E-state index in [0.29, 0.717) is 41.8 Å². The van der Waals surface area contributed by atoms with Crippen LogP contribution in [0, 0.1) is 11.6 Å². The molecule has 6 rings (SSSR count). The number of hydrogen-bond donors (Lipinski definition) is 2. The maximum atomic E-state index is 14.6. The van der Waals surface area contributed by atoms with Gasteiger partial charge in [0.15, 0.2) is 11.6 Å². The first-order valence-corrected chi connectivity index (χ1v) is 12.4. The molecular weight excluding hydrogens is 450 g/mol. The molecule has 0 amide bonds. The fourth-order valence-corrected chi connectivity index (χ4v) is 5.72. The third-order valence-corrected chi connectivity index (χ3v) is 7.61. The molecule has 0 spiro atoms. The molecule has 2 aromatic carbocycles. The molecule has 0 saturated carbocycles. The molecule has 184 valence electrons. The lowest BCUT2D eigenvalue weighted by molar-refractivity contribution is 0.188. The van der Waals surface area contributed by atoms with Crippen molar-refractivity contribution in [3.05, 3.63) is 42.0 Å². The number of nitrogen functional groups attached to an aromatic ring is 1. The predicted octanol–water partition coefficient (Wildman–Crippen LogP) is 3.57. The number of ether oxygens (including phenoxy) is 1. The molecule has 3 saturated heterocycles. The van der Waals surface area contributed by atoms with Crippen molar-refractivity contribution in [3.63, 3.8) is 0 Å². The maximum absolute atomic E-state index is 14.6. The van der Waals surface area contributed by atoms with E-state index in [9.17, 15) is 8.78 Å². The number of likely N-dealkylation sites (tertiary alicyclic amines) is 1. The Kier molecular flexibility index (Phi) is 5.69. The summed E-state index contributed by atoms with van der Waals surface area (Å²) in [5, 5.41) is 4.52. The van der Waals surface area contributed by atoms with E-state index in [0.717, 1.165) is 62.6 Å². The number of hydrogen-bond acceptors (Lipinski definition) is 7. The molecule has 3 N–H and O–H groups in total. The first kappa shape index (κ1) is 22.4. The van der Waals surface area contributed by atoms with E-state index in [-0.39, 0.29) is 11.3 Å². The van der Waals surface area contributed by atoms with Gasteiger partial charge in [-0.3, -0.25) is 0 Å². The van der Waals surface area contributed by atoms with Crippen molar-refractivity contribution in [2.45, 2.75) is 43.8 Å². The third-order valence-electron chi connectivity index (χ3n) is 7.61. The molecule has 1 aromatic heterocycles. The minimum atomic E-state index is -0.968. The van der Waals surface area contributed by atoms with Gasteiger partial charge in [0.1, 0.15) is 12.4 Å². The van der Waals surface area contributed by atoms with Gasteiger partial charge >= 0.3 is 6.01 Å². The number of nitrogens with zero attached hydrogens (tertiary/aromatic N) is 4. The first-order chi connectivity index (χ1) is 16.9. The number of piperazine rings is 1. The number of halogens is 2. The summed E-state index contributed by atoms with van der Waals surface area (Å²) < 4.78 is 34.8. The molecule has 3 aromatic rings. The average molecular weight is 481 g/mol. The largest absolute Gasteiger partial charge is 0.462 e. The lowest BCUT2D eigenvalue weighted by Gasteiger charge is -2.34. The minimum Gasteiger partial charge on any atom is -0.462 e. The van der Waals surface area contributed by atoms with Crippen molar-refractivity contribution in [2.75, 3.05) is 43.9 Å². The molecule has 3 fully saturated rings. The van der Waals surface area contributed by atoms with Gasteiger partial charge in [-0.1, -0.05) is 6.07 Å². The molecule has 3 aliphatic rings. The molecule has 3 aliphatic heterocycles. The van der Waals surface area contributed by atoms with Crippen molar-refractivity contribution in [2.24, 2.45) is 0 Å². The monoisotopic (exact) mass is 480 g/mol. The second kappa shape index (κ2) is 8.87. The van der Waals surface area contributed by atoms with E-state index in [4.69, 9.17) is 15.5 Å². The van der Waals surface area contributed by atoms with Crippen LogP contribution in [0.4, 0.5) is 20.3 Å². The fraction of sp³-hybridized carbons (Fsp3) is 0.462. The van der Waals surface area contributed by atoms with Gasteiger partial charge in [-0.25, -0.2) is 8.78 Å². The Labute approximate surface area is 203 Å². The zero-order chi connectivity index (χ0) is 24.1. The molecule has 2 bridgehead atoms. The summed E-state index contributed by atoms with van der Waals surface area (Å²) in [4.78, 5) is 14.1. The summed E-state index contributed by atoms with van der Waals surface area (Å²) in [7, 11) is 2.11. The van der Waals surface area contributed by atoms with E-state index in [1.165, 1.54) is 6.07 Å². The number of anilines is 2. The molecule has 0 radical (unpaired) electrons. The molecule has 4 heterocycles. The van der Waals surface area contributed by atoms with Crippen LogP contribution in [0.2, 0.25) is 0 Å². The molecular formula is C26H30F2N6O. The smallest absolute Gasteiger partial charge is 0.319 e. The Hall–Kier alpha value is -3.04. The predicted molar refractivity (Wildman–Crippen MR) is 133 cm³/mol. The fourth-order valence-electron chi connectivity index (χ4n) is 5.72. The standard InChI is InChI=1S/C26H30F2N6O/c1-33-8-2-3-19(33)14-35-26-31-23-9-15(21-10-16(29)11-22(27)24(21)28)4-7-20(23)25(32-26)34-12-17-5-6-18(13-34)30-17/h4,7,9-11,17-19,30H,2-3,5-6,8,12-14,29H2,1H3/t17?,18?,19-/m0/s1. The van der Waals surface area contributed by atoms with Gasteiger partial charge in [0.2, 0.25) is 0 Å². The van der Waals surface area contributed by atoms with Crippen LogP contribution in [0.1, 0.15) is 25.7 Å². The highest BCUT2D eigenvalue weighted by Crippen LogP contribution is 2.34. The normalized spacial score (nSPS) is 24.4. The van der Waals surface area contributed by atoms with E-state index >= 15 is 0 Å². The number of nitrogens with one attached hydrogen (secondary N) is 1. The number of rotatable bonds is 5. The lowest BCUT2D eigenvalue weighted by atomic mass is 10.0. The van der Waals surface area contributed by atoms with E-state index < -0.39 is 11.6 Å². The Morgan fingerprint density at radius 1 is 1.09 bits per heavy atom. The van der Waals surface area contributed by atoms with E-state index in [1.54, 1.807) is 12.1 Å². The van der Waals surface area contributed by atoms with E-state index in [2.05, 4.69) is 27.1 Å². The molecule has 2 unspecified atom stereocenters. The van der Waals surface area contributed by atoms with Crippen molar-refractivity contribution in [3.8, 4) is 17.1 Å². The van der Waals surface area contributed by atoms with Gasteiger partial charge in [-0.2, -0.15) is 9.97 Å². The van der Waals surface area contributed by atoms with Crippen LogP contribution in [0.15, 0.2) is 30.3 Å². The van der Waals surface area contributed by atoms with Gasteiger partial charge in [0.25, 0.3) is 0 Å². The molecule has 9 heteroatoms. The molecule has 35 heavy (non-hydrogen) atoms. The first-order valence-electron chi connectivity index (χ1n) is 12.4. The minimum absolute atomic E-state index is 0.111. The van der Waals surface area contributed by atoms with Crippen molar-refractivity contribution < 1.29 is 13.5 Å². The summed E-state index contributed by atoms with van der Waals surface area (Å²) in [6.45, 7) is 3.31. The van der Waals surface area contributed by atoms with Crippen LogP contribution < -0.4 is 20.7 Å². The summed E-state index contributed by atoms with van der Waals surface area (Å²) in [6, 6.07) is 9.41. The topological polar surface area (TPSA) is 79.5 Å². The highest BCUT2D eigenvalue weighted by atomic mass is 19.2. The van der Waals surface area contributed by atoms with Gasteiger partial charge in [0.05, 0.1) is 5.52 Å². The second-order valence-electron chi connectivity index (χ2n) is 10.1. The number of aromatic nitrogens is 2. The Morgan fingerprint density at radius 3 is 2.63 bits per heavy atom. The number of likely N-dealkylation sites (N-methyl/N-ethyl adjacent to an activating group) is 1. The maximum Gasteiger partial charge on any atom is 0.319 e. The summed E-state index contributed by atoms with van der Waals surface area (Å²) in [6.07, 6.45) is 4.56. The summed E-state index contributed by atoms with van der Waals surface area (Å²) >= 11 is 0. The average Bonchev–Trinajstić information content (AvgIpc) is 3.42.